The van der Waals surface area contributed by atoms with Gasteiger partial charge >= 0.3 is 0 Å². The number of rotatable bonds is 5. The molecule has 0 radical (unpaired) electrons. The first-order valence-electron chi connectivity index (χ1n) is 14.4. The van der Waals surface area contributed by atoms with Gasteiger partial charge < -0.3 is 15.0 Å². The predicted octanol–water partition coefficient (Wildman–Crippen LogP) is 6.35. The van der Waals surface area contributed by atoms with Crippen molar-refractivity contribution in [2.45, 2.75) is 81.8 Å². The first kappa shape index (κ1) is 23.2. The standard InChI is InChI=1S/C33H38N2O2/c1-3-31(36)35-30(24-5-4-6-24)17-26-16-28(37-2)11-12-29(26)32(35)25-7-9-27(10-8-25)34-33-18-21-13-22(19-33)15-23(14-21)20-33/h1,7-12,16,21-24,30,32,34H,4-6,13-15,17-20H2,2H3/t21?,22?,23?,30-,32+,33?/m1/s1. The van der Waals surface area contributed by atoms with Gasteiger partial charge in [-0.15, -0.1) is 6.42 Å². The molecular formula is C33H38N2O2. The van der Waals surface area contributed by atoms with Gasteiger partial charge in [0.2, 0.25) is 0 Å². The smallest absolute Gasteiger partial charge is 0.299 e. The lowest BCUT2D eigenvalue weighted by Crippen LogP contribution is -2.54. The first-order valence-corrected chi connectivity index (χ1v) is 14.4. The number of hydrogen-bond donors (Lipinski definition) is 1. The third-order valence-electron chi connectivity index (χ3n) is 10.4. The third-order valence-corrected chi connectivity index (χ3v) is 10.4. The van der Waals surface area contributed by atoms with Crippen molar-refractivity contribution in [3.63, 3.8) is 0 Å². The van der Waals surface area contributed by atoms with Crippen molar-refractivity contribution in [2.75, 3.05) is 12.4 Å². The van der Waals surface area contributed by atoms with Gasteiger partial charge in [0.05, 0.1) is 13.2 Å². The van der Waals surface area contributed by atoms with Crippen molar-refractivity contribution in [1.29, 1.82) is 0 Å². The van der Waals surface area contributed by atoms with Gasteiger partial charge in [0.15, 0.2) is 0 Å². The van der Waals surface area contributed by atoms with E-state index in [-0.39, 0.29) is 23.5 Å². The normalized spacial score (nSPS) is 33.8. The maximum absolute atomic E-state index is 13.3. The van der Waals surface area contributed by atoms with Gasteiger partial charge in [-0.2, -0.15) is 0 Å². The zero-order chi connectivity index (χ0) is 25.1. The molecule has 4 bridgehead atoms. The lowest BCUT2D eigenvalue weighted by Gasteiger charge is -2.57. The number of carbonyl (C=O) groups is 1. The number of nitrogens with zero attached hydrogens (tertiary/aromatic N) is 1. The molecule has 6 aliphatic rings. The Hall–Kier alpha value is -2.93. The van der Waals surface area contributed by atoms with E-state index in [0.717, 1.165) is 35.5 Å². The summed E-state index contributed by atoms with van der Waals surface area (Å²) in [5.41, 5.74) is 5.07. The van der Waals surface area contributed by atoms with Crippen molar-refractivity contribution < 1.29 is 9.53 Å². The summed E-state index contributed by atoms with van der Waals surface area (Å²) in [6.45, 7) is 0. The maximum Gasteiger partial charge on any atom is 0.299 e. The molecule has 1 aliphatic heterocycles. The second-order valence-corrected chi connectivity index (χ2v) is 12.7. The first-order chi connectivity index (χ1) is 18.0. The van der Waals surface area contributed by atoms with E-state index >= 15 is 0 Å². The SMILES string of the molecule is C#CC(=O)N1[C@@H](c2ccc(NC34CC5CC(CC(C5)C3)C4)cc2)c2ccc(OC)cc2C[C@@H]1C1CCC1. The number of amides is 1. The average molecular weight is 495 g/mol. The Labute approximate surface area is 221 Å². The summed E-state index contributed by atoms with van der Waals surface area (Å²) in [7, 11) is 1.72. The second-order valence-electron chi connectivity index (χ2n) is 12.7. The molecule has 37 heavy (non-hydrogen) atoms. The molecule has 0 spiro atoms. The molecule has 1 amide bonds. The molecule has 1 N–H and O–H groups in total. The summed E-state index contributed by atoms with van der Waals surface area (Å²) in [5.74, 6) is 6.41. The highest BCUT2D eigenvalue weighted by Crippen LogP contribution is 2.56. The van der Waals surface area contributed by atoms with Gasteiger partial charge in [-0.3, -0.25) is 4.79 Å². The van der Waals surface area contributed by atoms with E-state index in [1.54, 1.807) is 7.11 Å². The van der Waals surface area contributed by atoms with Crippen molar-refractivity contribution in [3.8, 4) is 18.1 Å². The Kier molecular flexibility index (Phi) is 5.54. The molecule has 5 saturated carbocycles. The van der Waals surface area contributed by atoms with Gasteiger partial charge in [0.1, 0.15) is 5.75 Å². The number of benzene rings is 2. The van der Waals surface area contributed by atoms with Crippen molar-refractivity contribution in [3.05, 3.63) is 59.2 Å². The van der Waals surface area contributed by atoms with Crippen molar-refractivity contribution >= 4 is 11.6 Å². The van der Waals surface area contributed by atoms with Crippen molar-refractivity contribution in [2.24, 2.45) is 23.7 Å². The van der Waals surface area contributed by atoms with Crippen LogP contribution in [0.5, 0.6) is 5.75 Å². The Morgan fingerprint density at radius 2 is 1.70 bits per heavy atom. The Morgan fingerprint density at radius 1 is 1.03 bits per heavy atom. The van der Waals surface area contributed by atoms with E-state index in [9.17, 15) is 4.79 Å². The minimum absolute atomic E-state index is 0.131. The number of nitrogens with one attached hydrogen (secondary N) is 1. The molecule has 4 heteroatoms. The number of anilines is 1. The predicted molar refractivity (Wildman–Crippen MR) is 146 cm³/mol. The lowest BCUT2D eigenvalue weighted by atomic mass is 9.53. The molecule has 2 atom stereocenters. The van der Waals surface area contributed by atoms with Crippen LogP contribution in [0.3, 0.4) is 0 Å². The van der Waals surface area contributed by atoms with Crippen LogP contribution in [0.25, 0.3) is 0 Å². The van der Waals surface area contributed by atoms with Gasteiger partial charge in [0.25, 0.3) is 5.91 Å². The zero-order valence-electron chi connectivity index (χ0n) is 21.9. The van der Waals surface area contributed by atoms with E-state index in [1.165, 1.54) is 74.6 Å². The summed E-state index contributed by atoms with van der Waals surface area (Å²) in [6, 6.07) is 15.2. The molecule has 8 rings (SSSR count). The highest BCUT2D eigenvalue weighted by Gasteiger charge is 2.51. The van der Waals surface area contributed by atoms with E-state index in [2.05, 4.69) is 47.6 Å². The van der Waals surface area contributed by atoms with Crippen LogP contribution in [0.15, 0.2) is 42.5 Å². The second kappa shape index (κ2) is 8.83. The molecule has 4 nitrogen and oxygen atoms in total. The number of carbonyl (C=O) groups excluding carboxylic acids is 1. The van der Waals surface area contributed by atoms with Crippen LogP contribution in [0.2, 0.25) is 0 Å². The summed E-state index contributed by atoms with van der Waals surface area (Å²) in [4.78, 5) is 15.3. The molecule has 5 aliphatic carbocycles. The summed E-state index contributed by atoms with van der Waals surface area (Å²) >= 11 is 0. The Balaban J connectivity index is 1.22. The largest absolute Gasteiger partial charge is 0.497 e. The molecule has 0 unspecified atom stereocenters. The number of hydrogen-bond acceptors (Lipinski definition) is 3. The molecular weight excluding hydrogens is 456 g/mol. The van der Waals surface area contributed by atoms with E-state index in [0.29, 0.717) is 5.92 Å². The average Bonchev–Trinajstić information content (AvgIpc) is 2.85. The minimum atomic E-state index is -0.195. The summed E-state index contributed by atoms with van der Waals surface area (Å²) in [5, 5.41) is 4.01. The van der Waals surface area contributed by atoms with E-state index in [1.807, 2.05) is 11.0 Å². The summed E-state index contributed by atoms with van der Waals surface area (Å²) < 4.78 is 5.56. The fraction of sp³-hybridized carbons (Fsp3) is 0.545. The number of methoxy groups -OCH3 is 1. The van der Waals surface area contributed by atoms with Crippen LogP contribution < -0.4 is 10.1 Å². The van der Waals surface area contributed by atoms with Crippen LogP contribution in [0, 0.1) is 36.0 Å². The Morgan fingerprint density at radius 3 is 2.27 bits per heavy atom. The van der Waals surface area contributed by atoms with Crippen LogP contribution in [0.4, 0.5) is 5.69 Å². The summed E-state index contributed by atoms with van der Waals surface area (Å²) in [6.07, 6.45) is 18.5. The van der Waals surface area contributed by atoms with E-state index < -0.39 is 0 Å². The molecule has 1 heterocycles. The fourth-order valence-corrected chi connectivity index (χ4v) is 9.04. The molecule has 0 aromatic heterocycles. The topological polar surface area (TPSA) is 41.6 Å². The van der Waals surface area contributed by atoms with Gasteiger partial charge in [-0.1, -0.05) is 24.6 Å². The molecule has 0 saturated heterocycles. The van der Waals surface area contributed by atoms with Gasteiger partial charge in [-0.05, 0) is 128 Å². The van der Waals surface area contributed by atoms with E-state index in [4.69, 9.17) is 11.2 Å². The Bertz CT molecular complexity index is 1200. The highest BCUT2D eigenvalue weighted by atomic mass is 16.5. The number of terminal acetylenes is 1. The molecule has 2 aromatic rings. The zero-order valence-corrected chi connectivity index (χ0v) is 21.9. The minimum Gasteiger partial charge on any atom is -0.497 e. The number of ether oxygens (including phenoxy) is 1. The third kappa shape index (κ3) is 3.94. The van der Waals surface area contributed by atoms with Crippen LogP contribution >= 0.6 is 0 Å². The molecule has 5 fully saturated rings. The van der Waals surface area contributed by atoms with Gasteiger partial charge in [0, 0.05) is 17.3 Å². The van der Waals surface area contributed by atoms with Crippen LogP contribution in [-0.2, 0) is 11.2 Å². The van der Waals surface area contributed by atoms with Gasteiger partial charge in [-0.25, -0.2) is 0 Å². The highest BCUT2D eigenvalue weighted by molar-refractivity contribution is 5.94. The molecule has 2 aromatic carbocycles. The quantitative estimate of drug-likeness (QED) is 0.492. The monoisotopic (exact) mass is 494 g/mol. The maximum atomic E-state index is 13.3. The van der Waals surface area contributed by atoms with Crippen LogP contribution in [0.1, 0.15) is 80.5 Å². The molecule has 192 valence electrons. The fourth-order valence-electron chi connectivity index (χ4n) is 9.04. The number of fused-ring (bicyclic) bond motifs is 1. The lowest BCUT2D eigenvalue weighted by molar-refractivity contribution is -0.132. The van der Waals surface area contributed by atoms with Crippen molar-refractivity contribution in [1.82, 2.24) is 4.90 Å². The van der Waals surface area contributed by atoms with Crippen LogP contribution in [-0.4, -0.2) is 29.5 Å².